The Labute approximate surface area is 194 Å². The van der Waals surface area contributed by atoms with E-state index in [1.54, 1.807) is 0 Å². The number of carbonyl (C=O) groups is 3. The van der Waals surface area contributed by atoms with Crippen molar-refractivity contribution >= 4 is 23.3 Å². The van der Waals surface area contributed by atoms with Crippen LogP contribution in [0, 0.1) is 11.8 Å². The quantitative estimate of drug-likeness (QED) is 0.691. The van der Waals surface area contributed by atoms with Gasteiger partial charge in [-0.15, -0.1) is 0 Å². The van der Waals surface area contributed by atoms with Gasteiger partial charge in [-0.2, -0.15) is 0 Å². The minimum atomic E-state index is -1.29. The van der Waals surface area contributed by atoms with Crippen LogP contribution in [0.15, 0.2) is 54.6 Å². The molecule has 6 heteroatoms. The molecular weight excluding hydrogens is 414 g/mol. The molecule has 3 atom stereocenters. The summed E-state index contributed by atoms with van der Waals surface area (Å²) in [5.41, 5.74) is 3.09. The van der Waals surface area contributed by atoms with Crippen molar-refractivity contribution in [2.45, 2.75) is 50.6 Å². The van der Waals surface area contributed by atoms with Crippen LogP contribution in [0.5, 0.6) is 0 Å². The second-order valence-corrected chi connectivity index (χ2v) is 9.68. The molecule has 0 aromatic heterocycles. The van der Waals surface area contributed by atoms with Crippen LogP contribution in [-0.4, -0.2) is 41.6 Å². The number of nitrogens with zero attached hydrogens (tertiary/aromatic N) is 1. The number of piperidine rings is 1. The molecule has 33 heavy (non-hydrogen) atoms. The van der Waals surface area contributed by atoms with Crippen LogP contribution in [0.1, 0.15) is 49.1 Å². The van der Waals surface area contributed by atoms with Crippen LogP contribution in [0.4, 0.5) is 5.69 Å². The Morgan fingerprint density at radius 1 is 0.939 bits per heavy atom. The molecule has 2 aromatic rings. The van der Waals surface area contributed by atoms with Gasteiger partial charge in [-0.25, -0.2) is 0 Å². The van der Waals surface area contributed by atoms with Crippen molar-refractivity contribution in [1.29, 1.82) is 0 Å². The van der Waals surface area contributed by atoms with E-state index in [0.29, 0.717) is 24.7 Å². The van der Waals surface area contributed by atoms with Crippen molar-refractivity contribution in [2.75, 3.05) is 18.4 Å². The minimum Gasteiger partial charge on any atom is -0.350 e. The lowest BCUT2D eigenvalue weighted by molar-refractivity contribution is -0.145. The molecule has 5 rings (SSSR count). The van der Waals surface area contributed by atoms with E-state index in [0.717, 1.165) is 6.54 Å². The maximum absolute atomic E-state index is 13.2. The molecule has 0 bridgehead atoms. The van der Waals surface area contributed by atoms with E-state index in [4.69, 9.17) is 0 Å². The average molecular weight is 446 g/mol. The van der Waals surface area contributed by atoms with Crippen LogP contribution in [-0.2, 0) is 20.9 Å². The van der Waals surface area contributed by atoms with E-state index in [2.05, 4.69) is 39.8 Å². The second-order valence-electron chi connectivity index (χ2n) is 9.68. The van der Waals surface area contributed by atoms with E-state index in [1.165, 1.54) is 43.2 Å². The first kappa shape index (κ1) is 21.8. The number of rotatable bonds is 5. The molecule has 1 unspecified atom stereocenters. The van der Waals surface area contributed by atoms with Crippen LogP contribution in [0.3, 0.4) is 0 Å². The standard InChI is InChI=1S/C27H31N3O3/c31-25-22-16-30(15-18-7-3-1-4-8-18)17-23(22)29-27(33)24(25)26(32)28-21-13-11-20(12-14-21)19-9-5-2-6-10-19/h1,3-4,7-8,11-14,19,22-24H,2,5-6,9-10,15-17H2,(H,28,32)(H,29,33)/t22-,23-,24?/m0/s1. The summed E-state index contributed by atoms with van der Waals surface area (Å²) < 4.78 is 0. The maximum atomic E-state index is 13.2. The van der Waals surface area contributed by atoms with Crippen LogP contribution < -0.4 is 10.6 Å². The maximum Gasteiger partial charge on any atom is 0.244 e. The molecule has 1 saturated carbocycles. The van der Waals surface area contributed by atoms with Crippen molar-refractivity contribution in [3.05, 3.63) is 65.7 Å². The zero-order valence-electron chi connectivity index (χ0n) is 18.8. The normalized spacial score (nSPS) is 26.0. The first-order valence-corrected chi connectivity index (χ1v) is 12.1. The number of benzene rings is 2. The van der Waals surface area contributed by atoms with Gasteiger partial charge in [0.25, 0.3) is 0 Å². The third-order valence-electron chi connectivity index (χ3n) is 7.40. The van der Waals surface area contributed by atoms with Crippen LogP contribution >= 0.6 is 0 Å². The molecule has 2 amide bonds. The van der Waals surface area contributed by atoms with Gasteiger partial charge in [0.05, 0.1) is 12.0 Å². The Bertz CT molecular complexity index is 1010. The topological polar surface area (TPSA) is 78.5 Å². The first-order valence-electron chi connectivity index (χ1n) is 12.1. The van der Waals surface area contributed by atoms with Crippen molar-refractivity contribution in [3.63, 3.8) is 0 Å². The molecular formula is C27H31N3O3. The van der Waals surface area contributed by atoms with Gasteiger partial charge in [0.15, 0.2) is 11.7 Å². The number of Topliss-reactive ketones (excluding diaryl/α,β-unsaturated/α-hetero) is 1. The Hall–Kier alpha value is -2.99. The van der Waals surface area contributed by atoms with Gasteiger partial charge in [0.1, 0.15) is 0 Å². The lowest BCUT2D eigenvalue weighted by Crippen LogP contribution is -2.57. The van der Waals surface area contributed by atoms with E-state index in [-0.39, 0.29) is 17.7 Å². The van der Waals surface area contributed by atoms with Gasteiger partial charge in [0, 0.05) is 25.3 Å². The molecule has 172 valence electrons. The summed E-state index contributed by atoms with van der Waals surface area (Å²) >= 11 is 0. The average Bonchev–Trinajstić information content (AvgIpc) is 3.23. The zero-order valence-corrected chi connectivity index (χ0v) is 18.8. The van der Waals surface area contributed by atoms with E-state index in [9.17, 15) is 14.4 Å². The van der Waals surface area contributed by atoms with Gasteiger partial charge >= 0.3 is 0 Å². The highest BCUT2D eigenvalue weighted by molar-refractivity contribution is 6.23. The predicted octanol–water partition coefficient (Wildman–Crippen LogP) is 3.49. The highest BCUT2D eigenvalue weighted by atomic mass is 16.2. The monoisotopic (exact) mass is 445 g/mol. The molecule has 2 aromatic carbocycles. The van der Waals surface area contributed by atoms with Crippen molar-refractivity contribution in [2.24, 2.45) is 11.8 Å². The number of anilines is 1. The SMILES string of the molecule is O=C(Nc1ccc(C2CCCCC2)cc1)C1C(=O)N[C@H]2CN(Cc3ccccc3)C[C@@H]2C1=O. The third kappa shape index (κ3) is 4.71. The number of carbonyl (C=O) groups excluding carboxylic acids is 3. The number of likely N-dealkylation sites (tertiary alicyclic amines) is 1. The summed E-state index contributed by atoms with van der Waals surface area (Å²) in [6, 6.07) is 17.7. The highest BCUT2D eigenvalue weighted by Crippen LogP contribution is 2.33. The van der Waals surface area contributed by atoms with Crippen molar-refractivity contribution in [1.82, 2.24) is 10.2 Å². The second kappa shape index (κ2) is 9.48. The van der Waals surface area contributed by atoms with Crippen molar-refractivity contribution in [3.8, 4) is 0 Å². The lowest BCUT2D eigenvalue weighted by atomic mass is 9.83. The van der Waals surface area contributed by atoms with Gasteiger partial charge in [-0.3, -0.25) is 19.3 Å². The number of nitrogens with one attached hydrogen (secondary N) is 2. The molecule has 0 radical (unpaired) electrons. The summed E-state index contributed by atoms with van der Waals surface area (Å²) in [6.45, 7) is 1.90. The molecule has 2 aliphatic heterocycles. The Morgan fingerprint density at radius 3 is 2.39 bits per heavy atom. The van der Waals surface area contributed by atoms with Gasteiger partial charge in [-0.1, -0.05) is 61.7 Å². The first-order chi connectivity index (χ1) is 16.1. The van der Waals surface area contributed by atoms with Gasteiger partial charge in [-0.05, 0) is 42.0 Å². The van der Waals surface area contributed by atoms with Crippen LogP contribution in [0.25, 0.3) is 0 Å². The van der Waals surface area contributed by atoms with E-state index < -0.39 is 17.7 Å². The Balaban J connectivity index is 1.22. The number of hydrogen-bond donors (Lipinski definition) is 2. The summed E-state index contributed by atoms with van der Waals surface area (Å²) in [6.07, 6.45) is 6.28. The third-order valence-corrected chi connectivity index (χ3v) is 7.40. The fourth-order valence-corrected chi connectivity index (χ4v) is 5.64. The number of ketones is 1. The number of amides is 2. The highest BCUT2D eigenvalue weighted by Gasteiger charge is 2.50. The summed E-state index contributed by atoms with van der Waals surface area (Å²) in [7, 11) is 0. The molecule has 6 nitrogen and oxygen atoms in total. The van der Waals surface area contributed by atoms with Crippen molar-refractivity contribution < 1.29 is 14.4 Å². The van der Waals surface area contributed by atoms with Gasteiger partial charge < -0.3 is 10.6 Å². The van der Waals surface area contributed by atoms with Gasteiger partial charge in [0.2, 0.25) is 11.8 Å². The number of fused-ring (bicyclic) bond motifs is 1. The zero-order chi connectivity index (χ0) is 22.8. The molecule has 1 aliphatic carbocycles. The fourth-order valence-electron chi connectivity index (χ4n) is 5.64. The Morgan fingerprint density at radius 2 is 1.67 bits per heavy atom. The predicted molar refractivity (Wildman–Crippen MR) is 127 cm³/mol. The van der Waals surface area contributed by atoms with E-state index >= 15 is 0 Å². The Kier molecular flexibility index (Phi) is 6.27. The molecule has 3 fully saturated rings. The number of hydrogen-bond acceptors (Lipinski definition) is 4. The summed E-state index contributed by atoms with van der Waals surface area (Å²) in [4.78, 5) is 41.0. The van der Waals surface area contributed by atoms with E-state index in [1.807, 2.05) is 30.3 Å². The molecule has 0 spiro atoms. The molecule has 3 aliphatic rings. The molecule has 2 heterocycles. The largest absolute Gasteiger partial charge is 0.350 e. The van der Waals surface area contributed by atoms with Crippen LogP contribution in [0.2, 0.25) is 0 Å². The lowest BCUT2D eigenvalue weighted by Gasteiger charge is -2.29. The molecule has 2 saturated heterocycles. The smallest absolute Gasteiger partial charge is 0.244 e. The molecule has 2 N–H and O–H groups in total. The summed E-state index contributed by atoms with van der Waals surface area (Å²) in [5, 5.41) is 5.73. The summed E-state index contributed by atoms with van der Waals surface area (Å²) in [5.74, 6) is -2.35. The fraction of sp³-hybridized carbons (Fsp3) is 0.444. The minimum absolute atomic E-state index is 0.229.